The summed E-state index contributed by atoms with van der Waals surface area (Å²) < 4.78 is 5.61. The third-order valence-corrected chi connectivity index (χ3v) is 5.26. The van der Waals surface area contributed by atoms with Crippen LogP contribution in [0.15, 0.2) is 49.1 Å². The van der Waals surface area contributed by atoms with Crippen LogP contribution in [-0.4, -0.2) is 11.8 Å². The van der Waals surface area contributed by atoms with Crippen molar-refractivity contribution in [3.63, 3.8) is 0 Å². The van der Waals surface area contributed by atoms with Crippen molar-refractivity contribution < 1.29 is 14.3 Å². The SMILES string of the molecule is C=CC(=O)c1ccc2cc(OC(=O)C3CCC(CC)CC3)ccc2c1. The number of ketones is 1. The molecule has 1 fully saturated rings. The van der Waals surface area contributed by atoms with Crippen LogP contribution in [0.1, 0.15) is 49.4 Å². The van der Waals surface area contributed by atoms with Gasteiger partial charge in [-0.2, -0.15) is 0 Å². The number of esters is 1. The molecule has 0 aliphatic heterocycles. The van der Waals surface area contributed by atoms with Crippen LogP contribution < -0.4 is 4.74 Å². The summed E-state index contributed by atoms with van der Waals surface area (Å²) in [5.41, 5.74) is 0.611. The molecule has 1 aliphatic carbocycles. The first-order valence-corrected chi connectivity index (χ1v) is 9.03. The van der Waals surface area contributed by atoms with E-state index in [1.54, 1.807) is 12.1 Å². The average molecular weight is 336 g/mol. The molecule has 0 bridgehead atoms. The van der Waals surface area contributed by atoms with E-state index in [1.165, 1.54) is 12.5 Å². The van der Waals surface area contributed by atoms with E-state index >= 15 is 0 Å². The van der Waals surface area contributed by atoms with Crippen LogP contribution in [0.4, 0.5) is 0 Å². The van der Waals surface area contributed by atoms with Crippen LogP contribution in [0.5, 0.6) is 5.75 Å². The quantitative estimate of drug-likeness (QED) is 0.321. The fourth-order valence-electron chi connectivity index (χ4n) is 3.56. The van der Waals surface area contributed by atoms with Gasteiger partial charge < -0.3 is 4.74 Å². The van der Waals surface area contributed by atoms with E-state index in [4.69, 9.17) is 4.74 Å². The van der Waals surface area contributed by atoms with Crippen LogP contribution >= 0.6 is 0 Å². The van der Waals surface area contributed by atoms with Gasteiger partial charge >= 0.3 is 5.97 Å². The first-order valence-electron chi connectivity index (χ1n) is 9.03. The van der Waals surface area contributed by atoms with Gasteiger partial charge in [0.25, 0.3) is 0 Å². The van der Waals surface area contributed by atoms with Crippen molar-refractivity contribution in [3.8, 4) is 5.75 Å². The number of fused-ring (bicyclic) bond motifs is 1. The molecule has 0 heterocycles. The standard InChI is InChI=1S/C22H24O3/c1-3-15-5-7-16(8-6-15)22(24)25-20-12-11-17-13-19(21(23)4-2)10-9-18(17)14-20/h4,9-16H,2-3,5-8H2,1H3. The van der Waals surface area contributed by atoms with Crippen molar-refractivity contribution in [2.75, 3.05) is 0 Å². The van der Waals surface area contributed by atoms with E-state index in [0.29, 0.717) is 11.3 Å². The summed E-state index contributed by atoms with van der Waals surface area (Å²) in [4.78, 5) is 24.1. The summed E-state index contributed by atoms with van der Waals surface area (Å²) in [6, 6.07) is 11.0. The highest BCUT2D eigenvalue weighted by atomic mass is 16.5. The minimum Gasteiger partial charge on any atom is -0.426 e. The third-order valence-electron chi connectivity index (χ3n) is 5.26. The lowest BCUT2D eigenvalue weighted by molar-refractivity contribution is -0.140. The topological polar surface area (TPSA) is 43.4 Å². The highest BCUT2D eigenvalue weighted by Gasteiger charge is 2.27. The normalized spacial score (nSPS) is 20.2. The maximum Gasteiger partial charge on any atom is 0.314 e. The summed E-state index contributed by atoms with van der Waals surface area (Å²) in [6.45, 7) is 5.73. The van der Waals surface area contributed by atoms with Gasteiger partial charge in [-0.25, -0.2) is 0 Å². The average Bonchev–Trinajstić information content (AvgIpc) is 2.67. The van der Waals surface area contributed by atoms with E-state index in [9.17, 15) is 9.59 Å². The molecule has 2 aromatic carbocycles. The molecular weight excluding hydrogens is 312 g/mol. The van der Waals surface area contributed by atoms with Crippen LogP contribution in [-0.2, 0) is 4.79 Å². The minimum absolute atomic E-state index is 0.0195. The molecule has 1 aliphatic rings. The van der Waals surface area contributed by atoms with Crippen LogP contribution in [0.2, 0.25) is 0 Å². The van der Waals surface area contributed by atoms with E-state index in [0.717, 1.165) is 42.4 Å². The summed E-state index contributed by atoms with van der Waals surface area (Å²) in [7, 11) is 0. The number of carbonyl (C=O) groups is 2. The first-order chi connectivity index (χ1) is 12.1. The molecule has 0 atom stereocenters. The zero-order chi connectivity index (χ0) is 17.8. The van der Waals surface area contributed by atoms with Crippen molar-refractivity contribution >= 4 is 22.5 Å². The summed E-state index contributed by atoms with van der Waals surface area (Å²) in [5.74, 6) is 1.13. The maximum atomic E-state index is 12.4. The molecule has 0 spiro atoms. The Balaban J connectivity index is 1.70. The Labute approximate surface area is 148 Å². The minimum atomic E-state index is -0.118. The Kier molecular flexibility index (Phi) is 5.32. The van der Waals surface area contributed by atoms with Gasteiger partial charge in [0.05, 0.1) is 5.92 Å². The molecule has 1 saturated carbocycles. The molecule has 3 rings (SSSR count). The van der Waals surface area contributed by atoms with Gasteiger partial charge in [-0.3, -0.25) is 9.59 Å². The van der Waals surface area contributed by atoms with Crippen molar-refractivity contribution in [2.45, 2.75) is 39.0 Å². The summed E-state index contributed by atoms with van der Waals surface area (Å²) in [5, 5.41) is 1.89. The molecule has 0 amide bonds. The molecule has 3 nitrogen and oxygen atoms in total. The van der Waals surface area contributed by atoms with E-state index in [1.807, 2.05) is 24.3 Å². The van der Waals surface area contributed by atoms with Crippen LogP contribution in [0, 0.1) is 11.8 Å². The van der Waals surface area contributed by atoms with Crippen molar-refractivity contribution in [3.05, 3.63) is 54.6 Å². The number of allylic oxidation sites excluding steroid dienone is 1. The highest BCUT2D eigenvalue weighted by Crippen LogP contribution is 2.32. The van der Waals surface area contributed by atoms with Gasteiger partial charge in [0.1, 0.15) is 5.75 Å². The first kappa shape index (κ1) is 17.4. The van der Waals surface area contributed by atoms with Gasteiger partial charge in [0.2, 0.25) is 0 Å². The highest BCUT2D eigenvalue weighted by molar-refractivity contribution is 6.06. The molecule has 130 valence electrons. The second-order valence-electron chi connectivity index (χ2n) is 6.84. The summed E-state index contributed by atoms with van der Waals surface area (Å²) in [6.07, 6.45) is 6.60. The molecule has 0 unspecified atom stereocenters. The zero-order valence-corrected chi connectivity index (χ0v) is 14.7. The predicted octanol–water partition coefficient (Wildman–Crippen LogP) is 5.33. The second-order valence-corrected chi connectivity index (χ2v) is 6.84. The van der Waals surface area contributed by atoms with Gasteiger partial charge in [-0.15, -0.1) is 0 Å². The molecule has 0 radical (unpaired) electrons. The van der Waals surface area contributed by atoms with E-state index in [-0.39, 0.29) is 17.7 Å². The van der Waals surface area contributed by atoms with Crippen LogP contribution in [0.25, 0.3) is 10.8 Å². The lowest BCUT2D eigenvalue weighted by Crippen LogP contribution is -2.25. The third kappa shape index (κ3) is 3.98. The zero-order valence-electron chi connectivity index (χ0n) is 14.7. The summed E-state index contributed by atoms with van der Waals surface area (Å²) >= 11 is 0. The van der Waals surface area contributed by atoms with Crippen LogP contribution in [0.3, 0.4) is 0 Å². The lowest BCUT2D eigenvalue weighted by Gasteiger charge is -2.26. The number of ether oxygens (including phenoxy) is 1. The van der Waals surface area contributed by atoms with Crippen molar-refractivity contribution in [1.29, 1.82) is 0 Å². The monoisotopic (exact) mass is 336 g/mol. The second kappa shape index (κ2) is 7.64. The number of carbonyl (C=O) groups excluding carboxylic acids is 2. The Morgan fingerprint density at radius 3 is 2.44 bits per heavy atom. The molecule has 3 heteroatoms. The Morgan fingerprint density at radius 2 is 1.76 bits per heavy atom. The number of rotatable bonds is 5. The largest absolute Gasteiger partial charge is 0.426 e. The van der Waals surface area contributed by atoms with Crippen molar-refractivity contribution in [1.82, 2.24) is 0 Å². The molecule has 0 aromatic heterocycles. The smallest absolute Gasteiger partial charge is 0.314 e. The number of hydrogen-bond donors (Lipinski definition) is 0. The predicted molar refractivity (Wildman–Crippen MR) is 99.8 cm³/mol. The van der Waals surface area contributed by atoms with Gasteiger partial charge in [0.15, 0.2) is 5.78 Å². The fourth-order valence-corrected chi connectivity index (χ4v) is 3.56. The van der Waals surface area contributed by atoms with Gasteiger partial charge in [-0.05, 0) is 66.6 Å². The molecule has 0 N–H and O–H groups in total. The van der Waals surface area contributed by atoms with Gasteiger partial charge in [-0.1, -0.05) is 38.1 Å². The molecule has 25 heavy (non-hydrogen) atoms. The fraction of sp³-hybridized carbons (Fsp3) is 0.364. The lowest BCUT2D eigenvalue weighted by atomic mass is 9.81. The molecular formula is C22H24O3. The molecule has 2 aromatic rings. The Hall–Kier alpha value is -2.42. The van der Waals surface area contributed by atoms with E-state index in [2.05, 4.69) is 13.5 Å². The Morgan fingerprint density at radius 1 is 1.08 bits per heavy atom. The van der Waals surface area contributed by atoms with Gasteiger partial charge in [0, 0.05) is 5.56 Å². The van der Waals surface area contributed by atoms with Crippen molar-refractivity contribution in [2.24, 2.45) is 11.8 Å². The number of benzene rings is 2. The van der Waals surface area contributed by atoms with E-state index < -0.39 is 0 Å². The Bertz CT molecular complexity index is 798. The molecule has 0 saturated heterocycles. The number of hydrogen-bond acceptors (Lipinski definition) is 3. The maximum absolute atomic E-state index is 12.4.